The molecule has 0 aromatic heterocycles. The van der Waals surface area contributed by atoms with Crippen molar-refractivity contribution in [3.8, 4) is 0 Å². The maximum atomic E-state index is 8.67. The van der Waals surface area contributed by atoms with Crippen LogP contribution in [0.3, 0.4) is 0 Å². The van der Waals surface area contributed by atoms with Crippen LogP contribution in [0.15, 0.2) is 30.3 Å². The monoisotopic (exact) mass is 290 g/mol. The highest BCUT2D eigenvalue weighted by Gasteiger charge is 1.97. The molecule has 1 aromatic rings. The highest BCUT2D eigenvalue weighted by atomic mass is 16.2. The van der Waals surface area contributed by atoms with Crippen molar-refractivity contribution in [2.45, 2.75) is 66.2 Å². The first-order valence-corrected chi connectivity index (χ1v) is 8.34. The molecule has 0 atom stereocenters. The van der Waals surface area contributed by atoms with Gasteiger partial charge in [0.1, 0.15) is 0 Å². The summed E-state index contributed by atoms with van der Waals surface area (Å²) >= 11 is 0. The molecule has 0 unspecified atom stereocenters. The second-order valence-corrected chi connectivity index (χ2v) is 6.53. The zero-order chi connectivity index (χ0) is 16.1. The van der Waals surface area contributed by atoms with Gasteiger partial charge in [-0.3, -0.25) is 0 Å². The average Bonchev–Trinajstić information content (AvgIpc) is 2.42. The SMILES string of the molecule is CC(C)C.CC(C)c1cccc(/C=C/CCCCCO)c1. The van der Waals surface area contributed by atoms with Crippen LogP contribution in [0.25, 0.3) is 6.08 Å². The molecule has 0 amide bonds. The minimum absolute atomic E-state index is 0.320. The van der Waals surface area contributed by atoms with Crippen molar-refractivity contribution in [1.82, 2.24) is 0 Å². The summed E-state index contributed by atoms with van der Waals surface area (Å²) in [4.78, 5) is 0. The zero-order valence-electron chi connectivity index (χ0n) is 14.6. The lowest BCUT2D eigenvalue weighted by molar-refractivity contribution is 0.283. The predicted molar refractivity (Wildman–Crippen MR) is 95.6 cm³/mol. The number of aliphatic hydroxyl groups is 1. The Labute approximate surface area is 132 Å². The van der Waals surface area contributed by atoms with Crippen LogP contribution in [0.5, 0.6) is 0 Å². The topological polar surface area (TPSA) is 20.2 Å². The van der Waals surface area contributed by atoms with E-state index in [0.717, 1.165) is 25.2 Å². The molecule has 1 N–H and O–H groups in total. The summed E-state index contributed by atoms with van der Waals surface area (Å²) in [6.07, 6.45) is 8.75. The Morgan fingerprint density at radius 1 is 1.00 bits per heavy atom. The summed E-state index contributed by atoms with van der Waals surface area (Å²) in [5.41, 5.74) is 2.69. The Morgan fingerprint density at radius 2 is 1.67 bits per heavy atom. The van der Waals surface area contributed by atoms with E-state index in [2.05, 4.69) is 71.0 Å². The third-order valence-corrected chi connectivity index (χ3v) is 2.92. The fourth-order valence-electron chi connectivity index (χ4n) is 1.79. The number of rotatable bonds is 7. The van der Waals surface area contributed by atoms with E-state index in [9.17, 15) is 0 Å². The molecular formula is C20H34O. The van der Waals surface area contributed by atoms with Gasteiger partial charge in [-0.15, -0.1) is 0 Å². The van der Waals surface area contributed by atoms with Crippen molar-refractivity contribution in [3.63, 3.8) is 0 Å². The minimum Gasteiger partial charge on any atom is -0.396 e. The minimum atomic E-state index is 0.320. The lowest BCUT2D eigenvalue weighted by atomic mass is 10.0. The standard InChI is InChI=1S/C16H24O.C4H10/c1-14(2)16-11-8-10-15(13-16)9-6-4-3-5-7-12-17;1-4(2)3/h6,8-11,13-14,17H,3-5,7,12H2,1-2H3;4H,1-3H3/b9-6+;. The van der Waals surface area contributed by atoms with Crippen molar-refractivity contribution < 1.29 is 5.11 Å². The number of allylic oxidation sites excluding steroid dienone is 1. The summed E-state index contributed by atoms with van der Waals surface area (Å²) in [5, 5.41) is 8.67. The summed E-state index contributed by atoms with van der Waals surface area (Å²) < 4.78 is 0. The Bertz CT molecular complexity index is 374. The highest BCUT2D eigenvalue weighted by Crippen LogP contribution is 2.16. The zero-order valence-corrected chi connectivity index (χ0v) is 14.6. The third-order valence-electron chi connectivity index (χ3n) is 2.92. The molecule has 21 heavy (non-hydrogen) atoms. The number of unbranched alkanes of at least 4 members (excludes halogenated alkanes) is 3. The molecule has 1 heteroatoms. The van der Waals surface area contributed by atoms with Crippen LogP contribution in [0.2, 0.25) is 0 Å². The number of benzene rings is 1. The van der Waals surface area contributed by atoms with Gasteiger partial charge in [-0.2, -0.15) is 0 Å². The van der Waals surface area contributed by atoms with E-state index in [4.69, 9.17) is 5.11 Å². The Morgan fingerprint density at radius 3 is 2.24 bits per heavy atom. The fraction of sp³-hybridized carbons (Fsp3) is 0.600. The van der Waals surface area contributed by atoms with Crippen LogP contribution in [0.1, 0.15) is 77.3 Å². The first-order chi connectivity index (χ1) is 9.97. The first-order valence-electron chi connectivity index (χ1n) is 8.34. The van der Waals surface area contributed by atoms with Crippen LogP contribution in [0.4, 0.5) is 0 Å². The maximum Gasteiger partial charge on any atom is 0.0431 e. The fourth-order valence-corrected chi connectivity index (χ4v) is 1.79. The summed E-state index contributed by atoms with van der Waals surface area (Å²) in [5.74, 6) is 1.42. The molecule has 120 valence electrons. The molecular weight excluding hydrogens is 256 g/mol. The van der Waals surface area contributed by atoms with Crippen LogP contribution >= 0.6 is 0 Å². The molecule has 0 aliphatic carbocycles. The van der Waals surface area contributed by atoms with Crippen LogP contribution in [0, 0.1) is 5.92 Å². The number of aliphatic hydroxyl groups excluding tert-OH is 1. The number of hydrogen-bond donors (Lipinski definition) is 1. The quantitative estimate of drug-likeness (QED) is 0.607. The Balaban J connectivity index is 0.000000885. The van der Waals surface area contributed by atoms with Crippen LogP contribution < -0.4 is 0 Å². The Hall–Kier alpha value is -1.08. The molecule has 1 rings (SSSR count). The van der Waals surface area contributed by atoms with E-state index in [1.165, 1.54) is 17.5 Å². The van der Waals surface area contributed by atoms with E-state index in [0.29, 0.717) is 12.5 Å². The molecule has 1 aromatic carbocycles. The number of hydrogen-bond acceptors (Lipinski definition) is 1. The van der Waals surface area contributed by atoms with Crippen molar-refractivity contribution in [3.05, 3.63) is 41.5 Å². The third kappa shape index (κ3) is 12.4. The van der Waals surface area contributed by atoms with Gasteiger partial charge in [0.15, 0.2) is 0 Å². The van der Waals surface area contributed by atoms with Crippen LogP contribution in [-0.4, -0.2) is 11.7 Å². The van der Waals surface area contributed by atoms with Gasteiger partial charge in [-0.1, -0.05) is 77.5 Å². The first kappa shape index (κ1) is 19.9. The molecule has 0 heterocycles. The summed E-state index contributed by atoms with van der Waals surface area (Å²) in [6.45, 7) is 11.3. The van der Waals surface area contributed by atoms with Crippen molar-refractivity contribution in [2.24, 2.45) is 5.92 Å². The molecule has 0 aliphatic heterocycles. The van der Waals surface area contributed by atoms with Crippen molar-refractivity contribution >= 4 is 6.08 Å². The van der Waals surface area contributed by atoms with Gasteiger partial charge >= 0.3 is 0 Å². The van der Waals surface area contributed by atoms with Gasteiger partial charge < -0.3 is 5.11 Å². The van der Waals surface area contributed by atoms with Gasteiger partial charge in [0, 0.05) is 6.61 Å². The van der Waals surface area contributed by atoms with E-state index >= 15 is 0 Å². The largest absolute Gasteiger partial charge is 0.396 e. The van der Waals surface area contributed by atoms with Gasteiger partial charge in [0.25, 0.3) is 0 Å². The Kier molecular flexibility index (Phi) is 12.0. The second kappa shape index (κ2) is 12.6. The molecule has 0 radical (unpaired) electrons. The lowest BCUT2D eigenvalue weighted by Gasteiger charge is -2.05. The van der Waals surface area contributed by atoms with E-state index in [-0.39, 0.29) is 0 Å². The van der Waals surface area contributed by atoms with Gasteiger partial charge in [0.2, 0.25) is 0 Å². The average molecular weight is 290 g/mol. The molecule has 1 nitrogen and oxygen atoms in total. The smallest absolute Gasteiger partial charge is 0.0431 e. The molecule has 0 fully saturated rings. The molecule has 0 saturated carbocycles. The summed E-state index contributed by atoms with van der Waals surface area (Å²) in [7, 11) is 0. The predicted octanol–water partition coefficient (Wildman–Crippen LogP) is 6.04. The van der Waals surface area contributed by atoms with E-state index < -0.39 is 0 Å². The van der Waals surface area contributed by atoms with Crippen molar-refractivity contribution in [1.29, 1.82) is 0 Å². The van der Waals surface area contributed by atoms with Gasteiger partial charge in [-0.05, 0) is 42.2 Å². The molecule has 0 bridgehead atoms. The lowest BCUT2D eigenvalue weighted by Crippen LogP contribution is -1.86. The molecule has 0 aliphatic rings. The van der Waals surface area contributed by atoms with E-state index in [1.807, 2.05) is 0 Å². The molecule has 0 saturated heterocycles. The second-order valence-electron chi connectivity index (χ2n) is 6.53. The maximum absolute atomic E-state index is 8.67. The van der Waals surface area contributed by atoms with Gasteiger partial charge in [0.05, 0.1) is 0 Å². The van der Waals surface area contributed by atoms with E-state index in [1.54, 1.807) is 0 Å². The van der Waals surface area contributed by atoms with Crippen molar-refractivity contribution in [2.75, 3.05) is 6.61 Å². The van der Waals surface area contributed by atoms with Gasteiger partial charge in [-0.25, -0.2) is 0 Å². The normalized spacial score (nSPS) is 11.0. The molecule has 0 spiro atoms. The highest BCUT2D eigenvalue weighted by molar-refractivity contribution is 5.50. The van der Waals surface area contributed by atoms with Crippen LogP contribution in [-0.2, 0) is 0 Å². The summed E-state index contributed by atoms with van der Waals surface area (Å²) in [6, 6.07) is 8.72.